The van der Waals surface area contributed by atoms with Crippen LogP contribution in [0.1, 0.15) is 16.6 Å². The average molecular weight is 284 g/mol. The number of benzene rings is 1. The SMILES string of the molecule is C[C@@H](NC(=O)c1sc2ccccc2c1Cl)C(=O)O. The predicted octanol–water partition coefficient (Wildman–Crippen LogP) is 2.76. The van der Waals surface area contributed by atoms with Crippen LogP contribution in [0.4, 0.5) is 0 Å². The molecule has 0 radical (unpaired) electrons. The summed E-state index contributed by atoms with van der Waals surface area (Å²) in [5.41, 5.74) is 0. The highest BCUT2D eigenvalue weighted by Gasteiger charge is 2.20. The fourth-order valence-corrected chi connectivity index (χ4v) is 2.90. The van der Waals surface area contributed by atoms with Gasteiger partial charge in [-0.25, -0.2) is 0 Å². The van der Waals surface area contributed by atoms with Crippen molar-refractivity contribution in [2.45, 2.75) is 13.0 Å². The molecule has 1 aromatic heterocycles. The zero-order chi connectivity index (χ0) is 13.3. The second-order valence-corrected chi connectivity index (χ2v) is 5.20. The first kappa shape index (κ1) is 12.9. The number of carbonyl (C=O) groups is 2. The summed E-state index contributed by atoms with van der Waals surface area (Å²) >= 11 is 7.37. The van der Waals surface area contributed by atoms with Crippen molar-refractivity contribution in [1.29, 1.82) is 0 Å². The first-order chi connectivity index (χ1) is 8.50. The lowest BCUT2D eigenvalue weighted by atomic mass is 10.2. The molecule has 0 fully saturated rings. The summed E-state index contributed by atoms with van der Waals surface area (Å²) in [5, 5.41) is 12.3. The molecule has 1 aromatic carbocycles. The van der Waals surface area contributed by atoms with Crippen molar-refractivity contribution in [2.24, 2.45) is 0 Å². The van der Waals surface area contributed by atoms with E-state index in [2.05, 4.69) is 5.32 Å². The molecule has 4 nitrogen and oxygen atoms in total. The highest BCUT2D eigenvalue weighted by atomic mass is 35.5. The molecule has 0 bridgehead atoms. The van der Waals surface area contributed by atoms with Crippen molar-refractivity contribution in [3.05, 3.63) is 34.2 Å². The van der Waals surface area contributed by atoms with Crippen molar-refractivity contribution in [3.8, 4) is 0 Å². The molecule has 0 aliphatic heterocycles. The van der Waals surface area contributed by atoms with E-state index < -0.39 is 17.9 Å². The number of thiophene rings is 1. The Morgan fingerprint density at radius 1 is 1.39 bits per heavy atom. The number of hydrogen-bond acceptors (Lipinski definition) is 3. The zero-order valence-electron chi connectivity index (χ0n) is 9.44. The zero-order valence-corrected chi connectivity index (χ0v) is 11.0. The van der Waals surface area contributed by atoms with Crippen LogP contribution in [0.5, 0.6) is 0 Å². The molecule has 2 rings (SSSR count). The van der Waals surface area contributed by atoms with E-state index >= 15 is 0 Å². The summed E-state index contributed by atoms with van der Waals surface area (Å²) in [4.78, 5) is 22.9. The molecule has 0 aliphatic rings. The molecule has 2 aromatic rings. The van der Waals surface area contributed by atoms with E-state index in [1.165, 1.54) is 18.3 Å². The lowest BCUT2D eigenvalue weighted by molar-refractivity contribution is -0.138. The van der Waals surface area contributed by atoms with Crippen LogP contribution in [0.2, 0.25) is 5.02 Å². The van der Waals surface area contributed by atoms with Crippen LogP contribution in [0, 0.1) is 0 Å². The van der Waals surface area contributed by atoms with E-state index in [1.54, 1.807) is 0 Å². The third-order valence-electron chi connectivity index (χ3n) is 2.46. The maximum absolute atomic E-state index is 11.9. The number of nitrogens with one attached hydrogen (secondary N) is 1. The van der Waals surface area contributed by atoms with E-state index in [0.29, 0.717) is 9.90 Å². The van der Waals surface area contributed by atoms with Gasteiger partial charge in [0, 0.05) is 10.1 Å². The highest BCUT2D eigenvalue weighted by Crippen LogP contribution is 2.34. The lowest BCUT2D eigenvalue weighted by Gasteiger charge is -2.07. The Bertz CT molecular complexity index is 623. The molecule has 0 saturated heterocycles. The van der Waals surface area contributed by atoms with Crippen LogP contribution < -0.4 is 5.32 Å². The molecule has 0 unspecified atom stereocenters. The van der Waals surface area contributed by atoms with Crippen molar-refractivity contribution in [3.63, 3.8) is 0 Å². The van der Waals surface area contributed by atoms with Crippen LogP contribution in [0.15, 0.2) is 24.3 Å². The van der Waals surface area contributed by atoms with Gasteiger partial charge in [-0.2, -0.15) is 0 Å². The molecule has 1 atom stereocenters. The number of halogens is 1. The summed E-state index contributed by atoms with van der Waals surface area (Å²) < 4.78 is 0.899. The number of rotatable bonds is 3. The molecule has 0 spiro atoms. The molecule has 18 heavy (non-hydrogen) atoms. The van der Waals surface area contributed by atoms with Gasteiger partial charge < -0.3 is 10.4 Å². The Hall–Kier alpha value is -1.59. The number of carboxylic acids is 1. The Morgan fingerprint density at radius 2 is 2.06 bits per heavy atom. The number of carboxylic acid groups (broad SMARTS) is 1. The third-order valence-corrected chi connectivity index (χ3v) is 4.13. The molecular weight excluding hydrogens is 274 g/mol. The number of aliphatic carboxylic acids is 1. The quantitative estimate of drug-likeness (QED) is 0.910. The summed E-state index contributed by atoms with van der Waals surface area (Å²) in [6.45, 7) is 1.40. The number of carbonyl (C=O) groups excluding carboxylic acids is 1. The molecule has 0 aliphatic carbocycles. The standard InChI is InChI=1S/C12H10ClNO3S/c1-6(12(16)17)14-11(15)10-9(13)7-4-2-3-5-8(7)18-10/h2-6H,1H3,(H,14,15)(H,16,17)/t6-/m1/s1. The maximum atomic E-state index is 11.9. The van der Waals surface area contributed by atoms with Gasteiger partial charge >= 0.3 is 5.97 Å². The highest BCUT2D eigenvalue weighted by molar-refractivity contribution is 7.21. The van der Waals surface area contributed by atoms with Gasteiger partial charge in [0.25, 0.3) is 5.91 Å². The predicted molar refractivity (Wildman–Crippen MR) is 71.4 cm³/mol. The van der Waals surface area contributed by atoms with E-state index in [-0.39, 0.29) is 0 Å². The van der Waals surface area contributed by atoms with Gasteiger partial charge in [-0.05, 0) is 13.0 Å². The van der Waals surface area contributed by atoms with Crippen LogP contribution in [-0.4, -0.2) is 23.0 Å². The molecule has 6 heteroatoms. The molecule has 2 N–H and O–H groups in total. The van der Waals surface area contributed by atoms with Gasteiger partial charge in [0.1, 0.15) is 10.9 Å². The first-order valence-corrected chi connectivity index (χ1v) is 6.41. The molecular formula is C12H10ClNO3S. The molecule has 1 amide bonds. The smallest absolute Gasteiger partial charge is 0.325 e. The van der Waals surface area contributed by atoms with Crippen LogP contribution in [-0.2, 0) is 4.79 Å². The topological polar surface area (TPSA) is 66.4 Å². The first-order valence-electron chi connectivity index (χ1n) is 5.21. The second-order valence-electron chi connectivity index (χ2n) is 3.77. The van der Waals surface area contributed by atoms with Gasteiger partial charge in [-0.1, -0.05) is 29.8 Å². The number of amides is 1. The summed E-state index contributed by atoms with van der Waals surface area (Å²) in [6, 6.07) is 6.44. The van der Waals surface area contributed by atoms with E-state index in [9.17, 15) is 9.59 Å². The average Bonchev–Trinajstić information content (AvgIpc) is 2.67. The molecule has 0 saturated carbocycles. The Balaban J connectivity index is 2.34. The van der Waals surface area contributed by atoms with Gasteiger partial charge in [0.15, 0.2) is 0 Å². The fourth-order valence-electron chi connectivity index (χ4n) is 1.48. The summed E-state index contributed by atoms with van der Waals surface area (Å²) in [7, 11) is 0. The minimum atomic E-state index is -1.08. The molecule has 94 valence electrons. The van der Waals surface area contributed by atoms with Gasteiger partial charge in [-0.15, -0.1) is 11.3 Å². The Morgan fingerprint density at radius 3 is 2.67 bits per heavy atom. The lowest BCUT2D eigenvalue weighted by Crippen LogP contribution is -2.38. The van der Waals surface area contributed by atoms with Crippen molar-refractivity contribution < 1.29 is 14.7 Å². The number of fused-ring (bicyclic) bond motifs is 1. The molecule has 1 heterocycles. The van der Waals surface area contributed by atoms with E-state index in [0.717, 1.165) is 10.1 Å². The summed E-state index contributed by atoms with van der Waals surface area (Å²) in [5.74, 6) is -1.54. The minimum absolute atomic E-state index is 0.339. The summed E-state index contributed by atoms with van der Waals surface area (Å²) in [6.07, 6.45) is 0. The van der Waals surface area contributed by atoms with E-state index in [1.807, 2.05) is 24.3 Å². The normalized spacial score (nSPS) is 12.3. The Labute approximate surface area is 112 Å². The van der Waals surface area contributed by atoms with E-state index in [4.69, 9.17) is 16.7 Å². The van der Waals surface area contributed by atoms with Gasteiger partial charge in [-0.3, -0.25) is 9.59 Å². The monoisotopic (exact) mass is 283 g/mol. The van der Waals surface area contributed by atoms with Crippen molar-refractivity contribution in [1.82, 2.24) is 5.32 Å². The second kappa shape index (κ2) is 4.96. The van der Waals surface area contributed by atoms with Crippen molar-refractivity contribution in [2.75, 3.05) is 0 Å². The van der Waals surface area contributed by atoms with Gasteiger partial charge in [0.2, 0.25) is 0 Å². The van der Waals surface area contributed by atoms with Crippen LogP contribution in [0.25, 0.3) is 10.1 Å². The van der Waals surface area contributed by atoms with Crippen LogP contribution >= 0.6 is 22.9 Å². The number of hydrogen-bond donors (Lipinski definition) is 2. The minimum Gasteiger partial charge on any atom is -0.480 e. The fraction of sp³-hybridized carbons (Fsp3) is 0.167. The maximum Gasteiger partial charge on any atom is 0.325 e. The third kappa shape index (κ3) is 2.32. The van der Waals surface area contributed by atoms with Crippen LogP contribution in [0.3, 0.4) is 0 Å². The largest absolute Gasteiger partial charge is 0.480 e. The van der Waals surface area contributed by atoms with Crippen molar-refractivity contribution >= 4 is 44.9 Å². The van der Waals surface area contributed by atoms with Gasteiger partial charge in [0.05, 0.1) is 5.02 Å². The Kier molecular flexibility index (Phi) is 3.54.